The molecule has 1 heterocycles. The predicted octanol–water partition coefficient (Wildman–Crippen LogP) is 5.40. The van der Waals surface area contributed by atoms with Crippen LogP contribution in [0.4, 0.5) is 5.69 Å². The van der Waals surface area contributed by atoms with E-state index in [9.17, 15) is 14.4 Å². The van der Waals surface area contributed by atoms with Gasteiger partial charge in [-0.3, -0.25) is 14.4 Å². The second kappa shape index (κ2) is 7.12. The number of benzene rings is 4. The number of amides is 1. The normalized spacial score (nSPS) is 19.6. The molecule has 36 heavy (non-hydrogen) atoms. The molecule has 1 atom stereocenters. The lowest BCUT2D eigenvalue weighted by molar-refractivity contribution is -0.113. The minimum absolute atomic E-state index is 0.233. The molecule has 0 aromatic heterocycles. The van der Waals surface area contributed by atoms with E-state index >= 15 is 0 Å². The lowest BCUT2D eigenvalue weighted by Gasteiger charge is -2.38. The molecule has 0 fully saturated rings. The summed E-state index contributed by atoms with van der Waals surface area (Å²) in [5.41, 5.74) is 3.25. The Hall–Kier alpha value is -4.77. The number of fused-ring (bicyclic) bond motifs is 4. The van der Waals surface area contributed by atoms with E-state index in [4.69, 9.17) is 0 Å². The number of para-hydroxylation sites is 1. The van der Waals surface area contributed by atoms with E-state index in [2.05, 4.69) is 10.6 Å². The van der Waals surface area contributed by atoms with E-state index in [0.717, 1.165) is 16.3 Å². The number of hydrogen-bond acceptors (Lipinski definition) is 4. The fourth-order valence-electron chi connectivity index (χ4n) is 6.14. The first-order valence-electron chi connectivity index (χ1n) is 11.8. The van der Waals surface area contributed by atoms with Gasteiger partial charge in [-0.1, -0.05) is 78.9 Å². The molecule has 4 aromatic carbocycles. The third-order valence-corrected chi connectivity index (χ3v) is 7.51. The molecule has 0 radical (unpaired) electrons. The van der Waals surface area contributed by atoms with E-state index in [-0.39, 0.29) is 17.1 Å². The number of allylic oxidation sites excluding steroid dienone is 2. The van der Waals surface area contributed by atoms with E-state index in [1.54, 1.807) is 31.2 Å². The quantitative estimate of drug-likeness (QED) is 0.413. The molecule has 1 amide bonds. The van der Waals surface area contributed by atoms with Crippen molar-refractivity contribution in [2.45, 2.75) is 12.3 Å². The number of dihydropyridines is 1. The summed E-state index contributed by atoms with van der Waals surface area (Å²) < 4.78 is 0. The molecule has 172 valence electrons. The van der Waals surface area contributed by atoms with Crippen LogP contribution >= 0.6 is 0 Å². The van der Waals surface area contributed by atoms with Gasteiger partial charge >= 0.3 is 0 Å². The maximum atomic E-state index is 14.6. The number of Topliss-reactive ketones (excluding diaryl/α,β-unsaturated/α-hetero) is 2. The average molecular weight is 469 g/mol. The summed E-state index contributed by atoms with van der Waals surface area (Å²) in [5, 5.41) is 8.00. The summed E-state index contributed by atoms with van der Waals surface area (Å²) in [5.74, 6) is -0.898. The molecule has 7 rings (SSSR count). The molecular weight excluding hydrogens is 448 g/mol. The van der Waals surface area contributed by atoms with E-state index in [0.29, 0.717) is 39.3 Å². The molecule has 1 aliphatic heterocycles. The predicted molar refractivity (Wildman–Crippen MR) is 139 cm³/mol. The molecule has 0 saturated heterocycles. The van der Waals surface area contributed by atoms with Gasteiger partial charge in [0.15, 0.2) is 11.6 Å². The molecule has 5 nitrogen and oxygen atoms in total. The number of nitrogens with one attached hydrogen (secondary N) is 2. The number of hydrogen-bond donors (Lipinski definition) is 2. The summed E-state index contributed by atoms with van der Waals surface area (Å²) in [7, 11) is 0. The van der Waals surface area contributed by atoms with Gasteiger partial charge < -0.3 is 10.6 Å². The molecule has 0 bridgehead atoms. The maximum absolute atomic E-state index is 14.6. The first-order valence-corrected chi connectivity index (χ1v) is 11.8. The van der Waals surface area contributed by atoms with Gasteiger partial charge in [-0.15, -0.1) is 0 Å². The average Bonchev–Trinajstić information content (AvgIpc) is 3.31. The van der Waals surface area contributed by atoms with Gasteiger partial charge in [-0.25, -0.2) is 0 Å². The maximum Gasteiger partial charge on any atom is 0.255 e. The minimum Gasteiger partial charge on any atom is -0.358 e. The van der Waals surface area contributed by atoms with Crippen molar-refractivity contribution in [1.82, 2.24) is 5.32 Å². The van der Waals surface area contributed by atoms with Crippen LogP contribution < -0.4 is 10.6 Å². The van der Waals surface area contributed by atoms with Gasteiger partial charge in [0.1, 0.15) is 5.41 Å². The molecule has 1 unspecified atom stereocenters. The molecule has 5 heteroatoms. The Bertz CT molecular complexity index is 1740. The number of ketones is 2. The number of carbonyl (C=O) groups is 3. The zero-order valence-electron chi connectivity index (χ0n) is 19.4. The molecule has 1 spiro atoms. The van der Waals surface area contributed by atoms with Crippen molar-refractivity contribution in [3.63, 3.8) is 0 Å². The third kappa shape index (κ3) is 2.41. The molecular formula is C31H20N2O3. The van der Waals surface area contributed by atoms with E-state index in [1.165, 1.54) is 0 Å². The van der Waals surface area contributed by atoms with Crippen LogP contribution in [-0.4, -0.2) is 17.5 Å². The lowest BCUT2D eigenvalue weighted by atomic mass is 9.64. The van der Waals surface area contributed by atoms with Gasteiger partial charge in [0.05, 0.1) is 11.3 Å². The molecule has 3 aliphatic rings. The van der Waals surface area contributed by atoms with Gasteiger partial charge in [0, 0.05) is 33.6 Å². The summed E-state index contributed by atoms with van der Waals surface area (Å²) in [6, 6.07) is 27.8. The molecule has 2 N–H and O–H groups in total. The monoisotopic (exact) mass is 468 g/mol. The van der Waals surface area contributed by atoms with Gasteiger partial charge in [-0.2, -0.15) is 0 Å². The SMILES string of the molecule is CC1=C(C(=O)Nc2ccccc2)C2(C(=O)c3cccc4cccc2c34)C2=C(N1)c1ccccc1C2=O. The van der Waals surface area contributed by atoms with Crippen LogP contribution in [0.3, 0.4) is 0 Å². The van der Waals surface area contributed by atoms with Crippen LogP contribution in [-0.2, 0) is 10.2 Å². The minimum atomic E-state index is -1.55. The summed E-state index contributed by atoms with van der Waals surface area (Å²) in [6.07, 6.45) is 0. The molecule has 4 aromatic rings. The number of rotatable bonds is 2. The van der Waals surface area contributed by atoms with Crippen LogP contribution in [0, 0.1) is 0 Å². The Balaban J connectivity index is 1.55. The highest BCUT2D eigenvalue weighted by Crippen LogP contribution is 2.57. The Morgan fingerprint density at radius 1 is 0.778 bits per heavy atom. The van der Waals surface area contributed by atoms with Crippen molar-refractivity contribution in [2.75, 3.05) is 5.32 Å². The van der Waals surface area contributed by atoms with Crippen molar-refractivity contribution < 1.29 is 14.4 Å². The van der Waals surface area contributed by atoms with Crippen LogP contribution in [0.5, 0.6) is 0 Å². The van der Waals surface area contributed by atoms with E-state index in [1.807, 2.05) is 66.7 Å². The van der Waals surface area contributed by atoms with Gasteiger partial charge in [0.25, 0.3) is 5.91 Å². The van der Waals surface area contributed by atoms with Crippen molar-refractivity contribution >= 4 is 39.6 Å². The highest BCUT2D eigenvalue weighted by Gasteiger charge is 2.61. The smallest absolute Gasteiger partial charge is 0.255 e. The van der Waals surface area contributed by atoms with Gasteiger partial charge in [0.2, 0.25) is 0 Å². The highest BCUT2D eigenvalue weighted by molar-refractivity contribution is 6.36. The second-order valence-electron chi connectivity index (χ2n) is 9.36. The standard InChI is InChI=1S/C31H20N2O3/c1-17-25(30(36)33-19-11-3-2-4-12-19)31(26-27(32-17)20-13-5-6-14-21(20)28(26)34)23-16-8-10-18-9-7-15-22(24(18)23)29(31)35/h2-16,32H,1H3,(H,33,36). The topological polar surface area (TPSA) is 75.3 Å². The largest absolute Gasteiger partial charge is 0.358 e. The van der Waals surface area contributed by atoms with Crippen LogP contribution in [0.1, 0.15) is 38.8 Å². The fraction of sp³-hybridized carbons (Fsp3) is 0.0645. The highest BCUT2D eigenvalue weighted by atomic mass is 16.2. The second-order valence-corrected chi connectivity index (χ2v) is 9.36. The van der Waals surface area contributed by atoms with Crippen LogP contribution in [0.2, 0.25) is 0 Å². The van der Waals surface area contributed by atoms with E-state index < -0.39 is 11.3 Å². The van der Waals surface area contributed by atoms with Crippen molar-refractivity contribution in [2.24, 2.45) is 0 Å². The van der Waals surface area contributed by atoms with Crippen molar-refractivity contribution in [3.8, 4) is 0 Å². The first kappa shape index (κ1) is 20.6. The fourth-order valence-corrected chi connectivity index (χ4v) is 6.14. The van der Waals surface area contributed by atoms with Crippen LogP contribution in [0.25, 0.3) is 16.5 Å². The van der Waals surface area contributed by atoms with Gasteiger partial charge in [-0.05, 0) is 35.4 Å². The summed E-state index contributed by atoms with van der Waals surface area (Å²) in [6.45, 7) is 1.80. The Kier molecular flexibility index (Phi) is 4.07. The summed E-state index contributed by atoms with van der Waals surface area (Å²) in [4.78, 5) is 42.6. The zero-order chi connectivity index (χ0) is 24.6. The molecule has 2 aliphatic carbocycles. The van der Waals surface area contributed by atoms with Crippen LogP contribution in [0.15, 0.2) is 108 Å². The first-order chi connectivity index (χ1) is 17.5. The zero-order valence-corrected chi connectivity index (χ0v) is 19.4. The lowest BCUT2D eigenvalue weighted by Crippen LogP contribution is -2.47. The third-order valence-electron chi connectivity index (χ3n) is 7.51. The molecule has 0 saturated carbocycles. The Morgan fingerprint density at radius 2 is 1.44 bits per heavy atom. The number of anilines is 1. The Morgan fingerprint density at radius 3 is 2.22 bits per heavy atom. The Labute approximate surface area is 207 Å². The van der Waals surface area contributed by atoms with Crippen molar-refractivity contribution in [3.05, 3.63) is 130 Å². The number of carbonyl (C=O) groups excluding carboxylic acids is 3. The van der Waals surface area contributed by atoms with Crippen molar-refractivity contribution in [1.29, 1.82) is 0 Å². The summed E-state index contributed by atoms with van der Waals surface area (Å²) >= 11 is 0.